The highest BCUT2D eigenvalue weighted by Crippen LogP contribution is 2.25. The molecule has 34 heavy (non-hydrogen) atoms. The minimum absolute atomic E-state index is 0.201. The molecule has 0 aromatic heterocycles. The number of benzene rings is 2. The van der Waals surface area contributed by atoms with Crippen molar-refractivity contribution in [2.75, 3.05) is 44.3 Å². The Balaban J connectivity index is 1.49. The normalized spacial score (nSPS) is 15.1. The molecule has 1 N–H and O–H groups in total. The number of amides is 1. The summed E-state index contributed by atoms with van der Waals surface area (Å²) in [6.45, 7) is 5.91. The molecule has 0 spiro atoms. The Labute approximate surface area is 202 Å². The average molecular weight is 490 g/mol. The molecule has 0 radical (unpaired) electrons. The quantitative estimate of drug-likeness (QED) is 0.518. The van der Waals surface area contributed by atoms with Crippen LogP contribution in [0.4, 0.5) is 5.69 Å². The summed E-state index contributed by atoms with van der Waals surface area (Å²) in [6.07, 6.45) is 3.59. The molecule has 1 amide bonds. The lowest BCUT2D eigenvalue weighted by Gasteiger charge is -2.38. The summed E-state index contributed by atoms with van der Waals surface area (Å²) in [7, 11) is -1.63. The number of sulfonamides is 1. The van der Waals surface area contributed by atoms with Gasteiger partial charge in [0.1, 0.15) is 11.5 Å². The maximum Gasteiger partial charge on any atom is 0.229 e. The van der Waals surface area contributed by atoms with Gasteiger partial charge >= 0.3 is 0 Å². The van der Waals surface area contributed by atoms with Gasteiger partial charge in [-0.15, -0.1) is 0 Å². The summed E-state index contributed by atoms with van der Waals surface area (Å²) in [6, 6.07) is 15.1. The lowest BCUT2D eigenvalue weighted by Crippen LogP contribution is -2.48. The van der Waals surface area contributed by atoms with Gasteiger partial charge in [0.2, 0.25) is 15.9 Å². The summed E-state index contributed by atoms with van der Waals surface area (Å²) in [5, 5.41) is 0. The van der Waals surface area contributed by atoms with E-state index in [-0.39, 0.29) is 11.9 Å². The highest BCUT2D eigenvalue weighted by molar-refractivity contribution is 7.92. The second-order valence-electron chi connectivity index (χ2n) is 8.59. The number of carbonyl (C=O) groups excluding carboxylic acids is 1. The number of likely N-dealkylation sites (tertiary alicyclic amines) is 1. The fourth-order valence-electron chi connectivity index (χ4n) is 4.16. The van der Waals surface area contributed by atoms with E-state index in [9.17, 15) is 13.2 Å². The summed E-state index contributed by atoms with van der Waals surface area (Å²) < 4.78 is 36.1. The van der Waals surface area contributed by atoms with E-state index in [1.807, 2.05) is 24.0 Å². The summed E-state index contributed by atoms with van der Waals surface area (Å²) >= 11 is 0. The fraction of sp³-hybridized carbons (Fsp3) is 0.480. The van der Waals surface area contributed by atoms with Crippen LogP contribution < -0.4 is 9.46 Å². The van der Waals surface area contributed by atoms with Crippen LogP contribution in [0.15, 0.2) is 48.5 Å². The van der Waals surface area contributed by atoms with Gasteiger partial charge in [0, 0.05) is 51.4 Å². The molecule has 1 aliphatic rings. The fourth-order valence-corrected chi connectivity index (χ4v) is 4.72. The van der Waals surface area contributed by atoms with E-state index in [0.29, 0.717) is 31.0 Å². The van der Waals surface area contributed by atoms with Gasteiger partial charge in [0.15, 0.2) is 0 Å². The van der Waals surface area contributed by atoms with Crippen molar-refractivity contribution in [1.82, 2.24) is 9.80 Å². The molecule has 2 aromatic rings. The number of rotatable bonds is 11. The van der Waals surface area contributed by atoms with Crippen LogP contribution in [0.3, 0.4) is 0 Å². The van der Waals surface area contributed by atoms with Gasteiger partial charge in [-0.05, 0) is 54.8 Å². The molecule has 0 saturated carbocycles. The van der Waals surface area contributed by atoms with Gasteiger partial charge in [-0.3, -0.25) is 14.4 Å². The van der Waals surface area contributed by atoms with E-state index < -0.39 is 10.0 Å². The second kappa shape index (κ2) is 12.2. The molecule has 1 aliphatic heterocycles. The molecule has 186 valence electrons. The van der Waals surface area contributed by atoms with Crippen molar-refractivity contribution in [3.8, 4) is 11.5 Å². The van der Waals surface area contributed by atoms with Gasteiger partial charge < -0.3 is 14.4 Å². The van der Waals surface area contributed by atoms with Crippen LogP contribution in [0.1, 0.15) is 31.7 Å². The molecule has 0 bridgehead atoms. The molecule has 1 heterocycles. The largest absolute Gasteiger partial charge is 0.457 e. The van der Waals surface area contributed by atoms with E-state index in [0.717, 1.165) is 44.5 Å². The van der Waals surface area contributed by atoms with E-state index in [1.54, 1.807) is 31.4 Å². The van der Waals surface area contributed by atoms with Crippen LogP contribution in [0.5, 0.6) is 11.5 Å². The molecule has 8 nitrogen and oxygen atoms in total. The smallest absolute Gasteiger partial charge is 0.229 e. The molecule has 1 saturated heterocycles. The summed E-state index contributed by atoms with van der Waals surface area (Å²) in [4.78, 5) is 16.8. The Morgan fingerprint density at radius 2 is 1.65 bits per heavy atom. The van der Waals surface area contributed by atoms with Gasteiger partial charge in [0.25, 0.3) is 0 Å². The number of anilines is 1. The molecule has 0 unspecified atom stereocenters. The van der Waals surface area contributed by atoms with Crippen molar-refractivity contribution in [3.05, 3.63) is 54.1 Å². The molecule has 0 atom stereocenters. The molecule has 2 aromatic carbocycles. The zero-order valence-corrected chi connectivity index (χ0v) is 21.0. The first kappa shape index (κ1) is 26.0. The van der Waals surface area contributed by atoms with Gasteiger partial charge in [-0.25, -0.2) is 8.42 Å². The maximum atomic E-state index is 12.3. The van der Waals surface area contributed by atoms with Crippen molar-refractivity contribution in [3.63, 3.8) is 0 Å². The standard InChI is InChI=1S/C25H35N3O5S/c1-4-25(29)28(17-18-32-2)22-13-15-27(16-14-22)19-20-5-9-23(10-6-20)33-24-11-7-21(8-12-24)26-34(3,30)31/h5-12,22,26H,4,13-19H2,1-3H3. The summed E-state index contributed by atoms with van der Waals surface area (Å²) in [5.74, 6) is 1.55. The maximum absolute atomic E-state index is 12.3. The number of carbonyl (C=O) groups is 1. The Morgan fingerprint density at radius 3 is 2.18 bits per heavy atom. The molecule has 1 fully saturated rings. The van der Waals surface area contributed by atoms with Crippen molar-refractivity contribution in [2.24, 2.45) is 0 Å². The van der Waals surface area contributed by atoms with Crippen LogP contribution in [0.2, 0.25) is 0 Å². The lowest BCUT2D eigenvalue weighted by atomic mass is 10.0. The molecular formula is C25H35N3O5S. The number of hydrogen-bond donors (Lipinski definition) is 1. The van der Waals surface area contributed by atoms with Crippen LogP contribution in [-0.2, 0) is 26.1 Å². The molecular weight excluding hydrogens is 454 g/mol. The zero-order valence-electron chi connectivity index (χ0n) is 20.2. The number of nitrogens with zero attached hydrogens (tertiary/aromatic N) is 2. The predicted octanol–water partition coefficient (Wildman–Crippen LogP) is 3.70. The Bertz CT molecular complexity index is 1020. The molecule has 0 aliphatic carbocycles. The third-order valence-electron chi connectivity index (χ3n) is 5.88. The summed E-state index contributed by atoms with van der Waals surface area (Å²) in [5.41, 5.74) is 1.70. The number of ether oxygens (including phenoxy) is 2. The number of piperidine rings is 1. The minimum Gasteiger partial charge on any atom is -0.457 e. The van der Waals surface area contributed by atoms with Crippen molar-refractivity contribution in [2.45, 2.75) is 38.8 Å². The number of methoxy groups -OCH3 is 1. The van der Waals surface area contributed by atoms with Crippen LogP contribution >= 0.6 is 0 Å². The predicted molar refractivity (Wildman–Crippen MR) is 134 cm³/mol. The van der Waals surface area contributed by atoms with E-state index in [4.69, 9.17) is 9.47 Å². The Hall–Kier alpha value is -2.62. The lowest BCUT2D eigenvalue weighted by molar-refractivity contribution is -0.135. The van der Waals surface area contributed by atoms with E-state index in [2.05, 4.69) is 21.8 Å². The van der Waals surface area contributed by atoms with Crippen molar-refractivity contribution < 1.29 is 22.7 Å². The Kier molecular flexibility index (Phi) is 9.32. The van der Waals surface area contributed by atoms with Gasteiger partial charge in [-0.1, -0.05) is 19.1 Å². The Morgan fingerprint density at radius 1 is 1.06 bits per heavy atom. The SMILES string of the molecule is CCC(=O)N(CCOC)C1CCN(Cc2ccc(Oc3ccc(NS(C)(=O)=O)cc3)cc2)CC1. The number of nitrogens with one attached hydrogen (secondary N) is 1. The first-order chi connectivity index (χ1) is 16.3. The van der Waals surface area contributed by atoms with Crippen LogP contribution in [-0.4, -0.2) is 69.8 Å². The number of hydrogen-bond acceptors (Lipinski definition) is 6. The van der Waals surface area contributed by atoms with Gasteiger partial charge in [-0.2, -0.15) is 0 Å². The zero-order chi connectivity index (χ0) is 24.6. The topological polar surface area (TPSA) is 88.2 Å². The minimum atomic E-state index is -3.30. The van der Waals surface area contributed by atoms with Crippen LogP contribution in [0, 0.1) is 0 Å². The highest BCUT2D eigenvalue weighted by Gasteiger charge is 2.27. The highest BCUT2D eigenvalue weighted by atomic mass is 32.2. The third kappa shape index (κ3) is 8.00. The van der Waals surface area contributed by atoms with E-state index in [1.165, 1.54) is 5.56 Å². The monoisotopic (exact) mass is 489 g/mol. The second-order valence-corrected chi connectivity index (χ2v) is 10.3. The van der Waals surface area contributed by atoms with E-state index >= 15 is 0 Å². The van der Waals surface area contributed by atoms with Crippen molar-refractivity contribution in [1.29, 1.82) is 0 Å². The first-order valence-electron chi connectivity index (χ1n) is 11.6. The molecule has 9 heteroatoms. The average Bonchev–Trinajstić information content (AvgIpc) is 2.81. The van der Waals surface area contributed by atoms with Crippen LogP contribution in [0.25, 0.3) is 0 Å². The molecule has 3 rings (SSSR count). The third-order valence-corrected chi connectivity index (χ3v) is 6.49. The van der Waals surface area contributed by atoms with Gasteiger partial charge in [0.05, 0.1) is 12.9 Å². The van der Waals surface area contributed by atoms with Crippen molar-refractivity contribution >= 4 is 21.6 Å². The first-order valence-corrected chi connectivity index (χ1v) is 13.5.